The first-order chi connectivity index (χ1) is 17.7. The fourth-order valence-corrected chi connectivity index (χ4v) is 5.74. The molecule has 2 N–H and O–H groups in total. The minimum atomic E-state index is -4.05. The number of carbonyl (C=O) groups excluding carboxylic acids is 1. The highest BCUT2D eigenvalue weighted by molar-refractivity contribution is 7.92. The van der Waals surface area contributed by atoms with E-state index in [1.54, 1.807) is 18.2 Å². The third kappa shape index (κ3) is 5.93. The molecule has 0 spiro atoms. The van der Waals surface area contributed by atoms with E-state index in [4.69, 9.17) is 4.74 Å². The van der Waals surface area contributed by atoms with Gasteiger partial charge >= 0.3 is 0 Å². The maximum Gasteiger partial charge on any atom is 0.264 e. The fraction of sp³-hybridized carbons (Fsp3) is 0.393. The Morgan fingerprint density at radius 2 is 1.89 bits per heavy atom. The average Bonchev–Trinajstić information content (AvgIpc) is 3.65. The van der Waals surface area contributed by atoms with E-state index in [-0.39, 0.29) is 43.7 Å². The normalized spacial score (nSPS) is 19.0. The molecule has 0 saturated heterocycles. The first kappa shape index (κ1) is 25.2. The SMILES string of the molecule is Cc1cccc(CC2CC2)c1-c1cc2nc(n1)NS(=O)(=O)c1cccc(c1)C(=O)N[C@H](CC(C)C)CO2.[HH].[HH]. The van der Waals surface area contributed by atoms with Crippen LogP contribution in [0.1, 0.15) is 57.4 Å². The van der Waals surface area contributed by atoms with E-state index < -0.39 is 10.0 Å². The lowest BCUT2D eigenvalue weighted by Gasteiger charge is -2.21. The number of nitrogens with zero attached hydrogens (tertiary/aromatic N) is 2. The van der Waals surface area contributed by atoms with Crippen LogP contribution in [-0.4, -0.2) is 36.9 Å². The molecule has 2 aromatic carbocycles. The summed E-state index contributed by atoms with van der Waals surface area (Å²) in [4.78, 5) is 21.9. The molecule has 4 bridgehead atoms. The summed E-state index contributed by atoms with van der Waals surface area (Å²) >= 11 is 0. The number of sulfonamides is 1. The van der Waals surface area contributed by atoms with Crippen LogP contribution in [0, 0.1) is 18.8 Å². The van der Waals surface area contributed by atoms with Gasteiger partial charge < -0.3 is 10.1 Å². The molecule has 1 saturated carbocycles. The first-order valence-electron chi connectivity index (χ1n) is 12.7. The smallest absolute Gasteiger partial charge is 0.264 e. The van der Waals surface area contributed by atoms with Crippen molar-refractivity contribution in [3.05, 3.63) is 65.2 Å². The number of amides is 1. The van der Waals surface area contributed by atoms with Crippen molar-refractivity contribution in [2.45, 2.75) is 57.4 Å². The Morgan fingerprint density at radius 3 is 2.65 bits per heavy atom. The van der Waals surface area contributed by atoms with Crippen molar-refractivity contribution in [3.63, 3.8) is 0 Å². The van der Waals surface area contributed by atoms with Crippen molar-refractivity contribution in [2.75, 3.05) is 11.3 Å². The molecular weight excluding hydrogens is 488 g/mol. The number of benzene rings is 2. The maximum atomic E-state index is 13.3. The fourth-order valence-electron chi connectivity index (χ4n) is 4.75. The van der Waals surface area contributed by atoms with Crippen molar-refractivity contribution < 1.29 is 20.8 Å². The monoisotopic (exact) mass is 524 g/mol. The second-order valence-corrected chi connectivity index (χ2v) is 12.1. The molecule has 0 radical (unpaired) electrons. The summed E-state index contributed by atoms with van der Waals surface area (Å²) in [5.41, 5.74) is 4.06. The molecule has 0 unspecified atom stereocenters. The number of rotatable bonds is 5. The number of nitrogens with one attached hydrogen (secondary N) is 2. The molecule has 1 amide bonds. The number of hydrogen-bond donors (Lipinski definition) is 2. The van der Waals surface area contributed by atoms with Gasteiger partial charge in [-0.3, -0.25) is 4.79 Å². The van der Waals surface area contributed by atoms with E-state index >= 15 is 0 Å². The zero-order chi connectivity index (χ0) is 26.2. The van der Waals surface area contributed by atoms with Crippen LogP contribution in [-0.2, 0) is 16.4 Å². The van der Waals surface area contributed by atoms with Gasteiger partial charge in [0.15, 0.2) is 0 Å². The highest BCUT2D eigenvalue weighted by Crippen LogP contribution is 2.37. The molecule has 9 heteroatoms. The van der Waals surface area contributed by atoms with E-state index in [2.05, 4.69) is 39.9 Å². The third-order valence-electron chi connectivity index (χ3n) is 6.68. The van der Waals surface area contributed by atoms with Crippen LogP contribution in [0.4, 0.5) is 5.95 Å². The Kier molecular flexibility index (Phi) is 6.90. The van der Waals surface area contributed by atoms with Crippen LogP contribution < -0.4 is 14.8 Å². The Hall–Kier alpha value is -3.46. The van der Waals surface area contributed by atoms with Gasteiger partial charge in [0, 0.05) is 20.0 Å². The zero-order valence-corrected chi connectivity index (χ0v) is 22.1. The minimum absolute atomic E-state index is 0. The Bertz CT molecular complexity index is 1450. The van der Waals surface area contributed by atoms with Crippen LogP contribution >= 0.6 is 0 Å². The molecule has 37 heavy (non-hydrogen) atoms. The predicted molar refractivity (Wildman–Crippen MR) is 146 cm³/mol. The summed E-state index contributed by atoms with van der Waals surface area (Å²) in [7, 11) is -4.05. The summed E-state index contributed by atoms with van der Waals surface area (Å²) < 4.78 is 35.1. The van der Waals surface area contributed by atoms with Gasteiger partial charge in [0.25, 0.3) is 15.9 Å². The molecule has 2 aliphatic rings. The molecule has 8 nitrogen and oxygen atoms in total. The quantitative estimate of drug-likeness (QED) is 0.473. The van der Waals surface area contributed by atoms with Crippen LogP contribution in [0.15, 0.2) is 53.4 Å². The van der Waals surface area contributed by atoms with Crippen molar-refractivity contribution >= 4 is 21.9 Å². The highest BCUT2D eigenvalue weighted by Gasteiger charge is 2.26. The standard InChI is InChI=1S/C28H32N4O4S.2H2/c1-17(2)12-22-16-36-25-15-24(26-18(3)6-4-7-20(26)13-19-10-11-19)30-28(31-25)32-37(34,35)23-9-5-8-21(14-23)27(33)29-22;;/h4-9,14-15,17,19,22H,10-13,16H2,1-3H3,(H,29,33)(H,30,31,32);2*1H/t22-;;/m1../s1. The number of aryl methyl sites for hydroxylation is 1. The van der Waals surface area contributed by atoms with Gasteiger partial charge in [0.2, 0.25) is 11.8 Å². The third-order valence-corrected chi connectivity index (χ3v) is 8.00. The zero-order valence-electron chi connectivity index (χ0n) is 21.3. The van der Waals surface area contributed by atoms with Gasteiger partial charge in [0.1, 0.15) is 6.61 Å². The largest absolute Gasteiger partial charge is 0.475 e. The van der Waals surface area contributed by atoms with Gasteiger partial charge in [-0.05, 0) is 73.8 Å². The molecule has 1 atom stereocenters. The Morgan fingerprint density at radius 1 is 1.11 bits per heavy atom. The Labute approximate surface area is 220 Å². The summed E-state index contributed by atoms with van der Waals surface area (Å²) in [5, 5.41) is 3.00. The van der Waals surface area contributed by atoms with E-state index in [1.807, 2.05) is 19.1 Å². The minimum Gasteiger partial charge on any atom is -0.475 e. The van der Waals surface area contributed by atoms with Crippen molar-refractivity contribution in [1.29, 1.82) is 0 Å². The van der Waals surface area contributed by atoms with Gasteiger partial charge in [-0.2, -0.15) is 4.98 Å². The predicted octanol–water partition coefficient (Wildman–Crippen LogP) is 5.23. The van der Waals surface area contributed by atoms with Gasteiger partial charge in [-0.15, -0.1) is 0 Å². The van der Waals surface area contributed by atoms with Crippen molar-refractivity contribution in [2.24, 2.45) is 11.8 Å². The molecule has 2 heterocycles. The van der Waals surface area contributed by atoms with Gasteiger partial charge in [0.05, 0.1) is 16.6 Å². The van der Waals surface area contributed by atoms with E-state index in [0.717, 1.165) is 17.5 Å². The van der Waals surface area contributed by atoms with Gasteiger partial charge in [-0.1, -0.05) is 38.1 Å². The summed E-state index contributed by atoms with van der Waals surface area (Å²) in [5.74, 6) is 0.806. The number of fused-ring (bicyclic) bond motifs is 4. The number of aromatic nitrogens is 2. The summed E-state index contributed by atoms with van der Waals surface area (Å²) in [6.07, 6.45) is 4.08. The molecule has 1 fully saturated rings. The number of hydrogen-bond acceptors (Lipinski definition) is 6. The molecule has 3 aromatic rings. The Balaban J connectivity index is 0.00000210. The lowest BCUT2D eigenvalue weighted by Crippen LogP contribution is -2.40. The van der Waals surface area contributed by atoms with Gasteiger partial charge in [-0.25, -0.2) is 18.1 Å². The maximum absolute atomic E-state index is 13.3. The number of ether oxygens (including phenoxy) is 1. The lowest BCUT2D eigenvalue weighted by molar-refractivity contribution is 0.0913. The van der Waals surface area contributed by atoms with Crippen LogP contribution in [0.25, 0.3) is 11.3 Å². The average molecular weight is 525 g/mol. The van der Waals surface area contributed by atoms with E-state index in [0.29, 0.717) is 24.0 Å². The molecule has 1 aliphatic heterocycles. The molecule has 1 aliphatic carbocycles. The van der Waals surface area contributed by atoms with E-state index in [1.165, 1.54) is 30.5 Å². The molecule has 5 rings (SSSR count). The second-order valence-electron chi connectivity index (χ2n) is 10.4. The van der Waals surface area contributed by atoms with Crippen molar-refractivity contribution in [3.8, 4) is 17.1 Å². The van der Waals surface area contributed by atoms with Crippen LogP contribution in [0.2, 0.25) is 0 Å². The molecule has 198 valence electrons. The number of anilines is 1. The molecule has 1 aromatic heterocycles. The second kappa shape index (κ2) is 10.1. The first-order valence-corrected chi connectivity index (χ1v) is 14.2. The summed E-state index contributed by atoms with van der Waals surface area (Å²) in [6, 6.07) is 13.6. The van der Waals surface area contributed by atoms with Crippen molar-refractivity contribution in [1.82, 2.24) is 15.3 Å². The topological polar surface area (TPSA) is 110 Å². The summed E-state index contributed by atoms with van der Waals surface area (Å²) in [6.45, 7) is 6.37. The van der Waals surface area contributed by atoms with Crippen LogP contribution in [0.3, 0.4) is 0 Å². The van der Waals surface area contributed by atoms with Crippen LogP contribution in [0.5, 0.6) is 5.88 Å². The highest BCUT2D eigenvalue weighted by atomic mass is 32.2. The molecular formula is C28H36N4O4S. The van der Waals surface area contributed by atoms with E-state index in [9.17, 15) is 13.2 Å². The lowest BCUT2D eigenvalue weighted by atomic mass is 9.95. The number of carbonyl (C=O) groups is 1.